The van der Waals surface area contributed by atoms with E-state index in [-0.39, 0.29) is 12.4 Å². The topological polar surface area (TPSA) is 140 Å². The second-order valence-electron chi connectivity index (χ2n) is 7.43. The number of methoxy groups -OCH3 is 1. The van der Waals surface area contributed by atoms with Crippen LogP contribution in [0.1, 0.15) is 19.4 Å². The lowest BCUT2D eigenvalue weighted by Gasteiger charge is -2.21. The van der Waals surface area contributed by atoms with Crippen LogP contribution in [0.4, 0.5) is 5.13 Å². The van der Waals surface area contributed by atoms with Crippen LogP contribution in [0.2, 0.25) is 0 Å². The fourth-order valence-corrected chi connectivity index (χ4v) is 3.39. The third-order valence-electron chi connectivity index (χ3n) is 4.50. The van der Waals surface area contributed by atoms with Gasteiger partial charge in [-0.2, -0.15) is 0 Å². The third-order valence-corrected chi connectivity index (χ3v) is 5.26. The SMILES string of the molecule is COc1cccc(/C=N/OCC(=O)Nc2nc(-c3ccc(OC(C)(C)C(=O)O)cc3)cs2)c1O. The summed E-state index contributed by atoms with van der Waals surface area (Å²) in [6.07, 6.45) is 1.28. The highest BCUT2D eigenvalue weighted by Gasteiger charge is 2.29. The monoisotopic (exact) mass is 485 g/mol. The Bertz CT molecular complexity index is 1190. The number of hydrogen-bond acceptors (Lipinski definition) is 9. The first kappa shape index (κ1) is 24.5. The number of para-hydroxylation sites is 1. The minimum Gasteiger partial charge on any atom is -0.504 e. The number of aliphatic carboxylic acids is 1. The number of nitrogens with zero attached hydrogens (tertiary/aromatic N) is 2. The maximum absolute atomic E-state index is 12.1. The molecule has 0 fully saturated rings. The summed E-state index contributed by atoms with van der Waals surface area (Å²) >= 11 is 1.24. The van der Waals surface area contributed by atoms with Crippen molar-refractivity contribution in [2.45, 2.75) is 19.4 Å². The summed E-state index contributed by atoms with van der Waals surface area (Å²) in [5.74, 6) is -0.883. The smallest absolute Gasteiger partial charge is 0.347 e. The summed E-state index contributed by atoms with van der Waals surface area (Å²) in [6, 6.07) is 11.7. The van der Waals surface area contributed by atoms with Gasteiger partial charge in [0, 0.05) is 16.5 Å². The average Bonchev–Trinajstić information content (AvgIpc) is 3.26. The van der Waals surface area contributed by atoms with Crippen LogP contribution in [0, 0.1) is 0 Å². The molecule has 178 valence electrons. The van der Waals surface area contributed by atoms with Crippen LogP contribution >= 0.6 is 11.3 Å². The number of benzene rings is 2. The fourth-order valence-electron chi connectivity index (χ4n) is 2.65. The number of nitrogens with one attached hydrogen (secondary N) is 1. The summed E-state index contributed by atoms with van der Waals surface area (Å²) in [5, 5.41) is 27.6. The molecular weight excluding hydrogens is 462 g/mol. The molecule has 0 spiro atoms. The number of aromatic hydroxyl groups is 1. The lowest BCUT2D eigenvalue weighted by Crippen LogP contribution is -2.37. The van der Waals surface area contributed by atoms with Crippen LogP contribution in [-0.4, -0.2) is 52.6 Å². The van der Waals surface area contributed by atoms with E-state index in [2.05, 4.69) is 15.5 Å². The maximum Gasteiger partial charge on any atom is 0.347 e. The first-order chi connectivity index (χ1) is 16.2. The van der Waals surface area contributed by atoms with Gasteiger partial charge in [-0.25, -0.2) is 9.78 Å². The van der Waals surface area contributed by atoms with E-state index in [4.69, 9.17) is 19.4 Å². The molecule has 0 aliphatic heterocycles. The highest BCUT2D eigenvalue weighted by Crippen LogP contribution is 2.29. The van der Waals surface area contributed by atoms with Crippen molar-refractivity contribution < 1.29 is 34.1 Å². The summed E-state index contributed by atoms with van der Waals surface area (Å²) in [4.78, 5) is 32.6. The molecule has 0 bridgehead atoms. The number of phenols is 1. The number of aromatic nitrogens is 1. The Hall–Kier alpha value is -4.12. The Labute approximate surface area is 199 Å². The molecule has 0 saturated carbocycles. The second-order valence-corrected chi connectivity index (χ2v) is 8.29. The highest BCUT2D eigenvalue weighted by atomic mass is 32.1. The predicted octanol–water partition coefficient (Wildman–Crippen LogP) is 3.76. The third kappa shape index (κ3) is 6.23. The Balaban J connectivity index is 1.52. The molecule has 1 aromatic heterocycles. The van der Waals surface area contributed by atoms with E-state index in [9.17, 15) is 14.7 Å². The van der Waals surface area contributed by atoms with E-state index in [1.54, 1.807) is 47.8 Å². The molecule has 0 aliphatic rings. The van der Waals surface area contributed by atoms with E-state index in [1.807, 2.05) is 0 Å². The van der Waals surface area contributed by atoms with Gasteiger partial charge < -0.3 is 24.5 Å². The lowest BCUT2D eigenvalue weighted by atomic mass is 10.1. The van der Waals surface area contributed by atoms with Gasteiger partial charge in [-0.3, -0.25) is 10.1 Å². The lowest BCUT2D eigenvalue weighted by molar-refractivity contribution is -0.152. The number of thiazole rings is 1. The first-order valence-electron chi connectivity index (χ1n) is 9.99. The summed E-state index contributed by atoms with van der Waals surface area (Å²) in [6.45, 7) is 2.59. The number of carbonyl (C=O) groups is 2. The summed E-state index contributed by atoms with van der Waals surface area (Å²) in [7, 11) is 1.44. The average molecular weight is 486 g/mol. The van der Waals surface area contributed by atoms with Crippen molar-refractivity contribution in [1.29, 1.82) is 0 Å². The normalized spacial score (nSPS) is 11.3. The molecule has 34 heavy (non-hydrogen) atoms. The molecule has 1 heterocycles. The summed E-state index contributed by atoms with van der Waals surface area (Å²) in [5.41, 5.74) is 0.445. The molecule has 11 heteroatoms. The standard InChI is InChI=1S/C23H23N3O7S/c1-23(2,21(29)30)33-16-9-7-14(8-10-16)17-13-34-22(25-17)26-19(27)12-32-24-11-15-5-4-6-18(31-3)20(15)28/h4-11,13,28H,12H2,1-3H3,(H,29,30)(H,25,26,27)/b24-11+. The van der Waals surface area contributed by atoms with Gasteiger partial charge in [0.05, 0.1) is 19.0 Å². The van der Waals surface area contributed by atoms with Crippen LogP contribution in [-0.2, 0) is 14.4 Å². The minimum absolute atomic E-state index is 0.0812. The number of carboxylic acid groups (broad SMARTS) is 1. The van der Waals surface area contributed by atoms with E-state index in [0.717, 1.165) is 5.56 Å². The Morgan fingerprint density at radius 2 is 1.94 bits per heavy atom. The largest absolute Gasteiger partial charge is 0.504 e. The molecule has 0 atom stereocenters. The molecule has 0 unspecified atom stereocenters. The van der Waals surface area contributed by atoms with Gasteiger partial charge in [0.25, 0.3) is 5.91 Å². The minimum atomic E-state index is -1.35. The Kier molecular flexibility index (Phi) is 7.69. The zero-order chi connectivity index (χ0) is 24.7. The van der Waals surface area contributed by atoms with E-state index >= 15 is 0 Å². The molecule has 1 amide bonds. The van der Waals surface area contributed by atoms with E-state index in [0.29, 0.717) is 27.9 Å². The van der Waals surface area contributed by atoms with Crippen molar-refractivity contribution in [3.05, 3.63) is 53.4 Å². The van der Waals surface area contributed by atoms with Crippen molar-refractivity contribution in [3.8, 4) is 28.5 Å². The molecule has 3 aromatic rings. The number of carbonyl (C=O) groups excluding carboxylic acids is 1. The van der Waals surface area contributed by atoms with Crippen LogP contribution < -0.4 is 14.8 Å². The van der Waals surface area contributed by atoms with Gasteiger partial charge in [0.1, 0.15) is 5.75 Å². The van der Waals surface area contributed by atoms with Gasteiger partial charge in [0.2, 0.25) is 0 Å². The van der Waals surface area contributed by atoms with Crippen molar-refractivity contribution in [1.82, 2.24) is 4.98 Å². The number of amides is 1. The van der Waals surface area contributed by atoms with Crippen LogP contribution in [0.25, 0.3) is 11.3 Å². The molecule has 3 rings (SSSR count). The van der Waals surface area contributed by atoms with Gasteiger partial charge >= 0.3 is 5.97 Å². The van der Waals surface area contributed by atoms with Crippen molar-refractivity contribution in [2.24, 2.45) is 5.16 Å². The van der Waals surface area contributed by atoms with Crippen LogP contribution in [0.5, 0.6) is 17.2 Å². The fraction of sp³-hybridized carbons (Fsp3) is 0.217. The first-order valence-corrected chi connectivity index (χ1v) is 10.9. The summed E-state index contributed by atoms with van der Waals surface area (Å²) < 4.78 is 10.5. The Morgan fingerprint density at radius 3 is 2.62 bits per heavy atom. The number of anilines is 1. The number of carboxylic acids is 1. The quantitative estimate of drug-likeness (QED) is 0.291. The number of hydrogen-bond donors (Lipinski definition) is 3. The van der Waals surface area contributed by atoms with Gasteiger partial charge in [-0.05, 0) is 50.2 Å². The maximum atomic E-state index is 12.1. The predicted molar refractivity (Wildman–Crippen MR) is 127 cm³/mol. The molecule has 0 aliphatic carbocycles. The zero-order valence-electron chi connectivity index (χ0n) is 18.6. The molecule has 0 radical (unpaired) electrons. The number of rotatable bonds is 10. The molecule has 2 aromatic carbocycles. The van der Waals surface area contributed by atoms with Crippen molar-refractivity contribution in [2.75, 3.05) is 19.0 Å². The molecule has 10 nitrogen and oxygen atoms in total. The Morgan fingerprint density at radius 1 is 1.21 bits per heavy atom. The van der Waals surface area contributed by atoms with Crippen molar-refractivity contribution >= 4 is 34.6 Å². The second kappa shape index (κ2) is 10.7. The van der Waals surface area contributed by atoms with Crippen molar-refractivity contribution in [3.63, 3.8) is 0 Å². The molecule has 3 N–H and O–H groups in total. The molecular formula is C23H23N3O7S. The van der Waals surface area contributed by atoms with E-state index in [1.165, 1.54) is 38.5 Å². The number of ether oxygens (including phenoxy) is 2. The number of phenolic OH excluding ortho intramolecular Hbond substituents is 1. The highest BCUT2D eigenvalue weighted by molar-refractivity contribution is 7.14. The van der Waals surface area contributed by atoms with Crippen LogP contribution in [0.3, 0.4) is 0 Å². The van der Waals surface area contributed by atoms with Crippen LogP contribution in [0.15, 0.2) is 53.0 Å². The van der Waals surface area contributed by atoms with Gasteiger partial charge in [-0.1, -0.05) is 11.2 Å². The van der Waals surface area contributed by atoms with Gasteiger partial charge in [0.15, 0.2) is 28.8 Å². The molecule has 0 saturated heterocycles. The van der Waals surface area contributed by atoms with Gasteiger partial charge in [-0.15, -0.1) is 11.3 Å². The zero-order valence-corrected chi connectivity index (χ0v) is 19.5. The van der Waals surface area contributed by atoms with E-state index < -0.39 is 17.5 Å². The number of oxime groups is 1.